The van der Waals surface area contributed by atoms with E-state index in [2.05, 4.69) is 16.1 Å². The van der Waals surface area contributed by atoms with E-state index in [1.165, 1.54) is 10.5 Å². The van der Waals surface area contributed by atoms with Crippen LogP contribution in [-0.2, 0) is 54.4 Å². The lowest BCUT2D eigenvalue weighted by Gasteiger charge is -2.35. The van der Waals surface area contributed by atoms with E-state index in [0.29, 0.717) is 25.9 Å². The van der Waals surface area contributed by atoms with Crippen LogP contribution in [0.5, 0.6) is 0 Å². The Morgan fingerprint density at radius 3 is 2.35 bits per heavy atom. The van der Waals surface area contributed by atoms with Crippen LogP contribution in [0.25, 0.3) is 0 Å². The molecule has 1 aromatic carbocycles. The highest BCUT2D eigenvalue weighted by Gasteiger charge is 2.63. The maximum absolute atomic E-state index is 14.4. The van der Waals surface area contributed by atoms with E-state index in [1.54, 1.807) is 4.90 Å². The second kappa shape index (κ2) is 15.8. The molecular weight excluding hydrogens is 711 g/mol. The van der Waals surface area contributed by atoms with Gasteiger partial charge in [0, 0.05) is 24.9 Å². The van der Waals surface area contributed by atoms with Crippen LogP contribution in [0.4, 0.5) is 9.59 Å². The number of aryl methyl sites for hydroxylation is 1. The summed E-state index contributed by atoms with van der Waals surface area (Å²) in [7, 11) is -1.50. The van der Waals surface area contributed by atoms with E-state index in [9.17, 15) is 28.2 Å². The van der Waals surface area contributed by atoms with Crippen molar-refractivity contribution in [1.29, 1.82) is 0 Å². The predicted molar refractivity (Wildman–Crippen MR) is 205 cm³/mol. The molecule has 5 rings (SSSR count). The third-order valence-corrected chi connectivity index (χ3v) is 13.0. The van der Waals surface area contributed by atoms with E-state index >= 15 is 0 Å². The number of hydrogen-bond acceptors (Lipinski definition) is 8. The monoisotopic (exact) mass is 771 g/mol. The summed E-state index contributed by atoms with van der Waals surface area (Å²) in [5.41, 5.74) is 5.75. The molecular formula is C40H61N5O8S. The summed E-state index contributed by atoms with van der Waals surface area (Å²) in [5, 5.41) is 2.96. The van der Waals surface area contributed by atoms with Crippen LogP contribution in [0.1, 0.15) is 123 Å². The van der Waals surface area contributed by atoms with E-state index < -0.39 is 58.1 Å². The van der Waals surface area contributed by atoms with Gasteiger partial charge in [0.05, 0.1) is 18.4 Å². The summed E-state index contributed by atoms with van der Waals surface area (Å²) < 4.78 is 26.5. The third-order valence-electron chi connectivity index (χ3n) is 11.6. The Hall–Kier alpha value is -3.68. The molecule has 1 saturated heterocycles. The van der Waals surface area contributed by atoms with Crippen molar-refractivity contribution in [3.05, 3.63) is 34.9 Å². The van der Waals surface area contributed by atoms with Crippen molar-refractivity contribution in [2.24, 2.45) is 27.9 Å². The lowest BCUT2D eigenvalue weighted by Crippen LogP contribution is -2.59. The van der Waals surface area contributed by atoms with Gasteiger partial charge in [0.25, 0.3) is 5.91 Å². The van der Waals surface area contributed by atoms with Crippen molar-refractivity contribution in [3.63, 3.8) is 0 Å². The number of rotatable bonds is 15. The molecule has 2 saturated carbocycles. The predicted octanol–water partition coefficient (Wildman–Crippen LogP) is 5.24. The van der Waals surface area contributed by atoms with Gasteiger partial charge in [0.15, 0.2) is 0 Å². The topological polar surface area (TPSA) is 177 Å². The summed E-state index contributed by atoms with van der Waals surface area (Å²) in [4.78, 5) is 69.8. The number of primary amides is 1. The molecule has 1 aromatic rings. The third kappa shape index (κ3) is 9.57. The second-order valence-electron chi connectivity index (χ2n) is 18.5. The van der Waals surface area contributed by atoms with Gasteiger partial charge >= 0.3 is 12.2 Å². The van der Waals surface area contributed by atoms with Crippen LogP contribution in [0.15, 0.2) is 18.2 Å². The number of carbonyl (C=O) groups is 5. The number of carbonyl (C=O) groups excluding carboxylic acids is 5. The first-order valence-corrected chi connectivity index (χ1v) is 20.7. The van der Waals surface area contributed by atoms with Crippen molar-refractivity contribution in [3.8, 4) is 0 Å². The first kappa shape index (κ1) is 41.5. The molecule has 2 aliphatic heterocycles. The molecule has 2 aliphatic carbocycles. The Morgan fingerprint density at radius 1 is 1.04 bits per heavy atom. The van der Waals surface area contributed by atoms with Crippen molar-refractivity contribution < 1.29 is 37.7 Å². The first-order chi connectivity index (χ1) is 25.2. The maximum atomic E-state index is 14.4. The summed E-state index contributed by atoms with van der Waals surface area (Å²) >= 11 is 0. The summed E-state index contributed by atoms with van der Waals surface area (Å²) in [5.74, 6) is -1.28. The standard InChI is InChI=1S/C40H61N5O8S/c1-9-27-19-40(27,34(48)43-54(51)28-16-17-28)42-33(47)32-39(7,8)30(23-45(32)31(46)20-37(2,3)4)53-36(50)44-21-26-15-12-14-25(29(26)22-44)13-10-11-18-38(5,6)24-52-35(41)49/h12,14-15,27-28,30,32H,9-11,13,16-24H2,1-8H3,(H2,41,49)(H,42,47)(H,43,48). The molecule has 2 heterocycles. The molecule has 5 unspecified atom stereocenters. The normalized spacial score (nSPS) is 25.1. The van der Waals surface area contributed by atoms with E-state index in [0.717, 1.165) is 49.7 Å². The summed E-state index contributed by atoms with van der Waals surface area (Å²) in [6, 6.07) is 5.12. The van der Waals surface area contributed by atoms with Crippen LogP contribution in [0, 0.1) is 22.2 Å². The van der Waals surface area contributed by atoms with Crippen molar-refractivity contribution >= 4 is 40.9 Å². The number of ether oxygens (including phenoxy) is 2. The fourth-order valence-corrected chi connectivity index (χ4v) is 9.12. The Kier molecular flexibility index (Phi) is 12.2. The van der Waals surface area contributed by atoms with Gasteiger partial charge in [0.2, 0.25) is 11.8 Å². The van der Waals surface area contributed by atoms with Gasteiger partial charge in [-0.15, -0.1) is 0 Å². The Bertz CT molecular complexity index is 1650. The van der Waals surface area contributed by atoms with E-state index in [1.807, 2.05) is 67.5 Å². The lowest BCUT2D eigenvalue weighted by atomic mass is 9.81. The van der Waals surface area contributed by atoms with Gasteiger partial charge in [-0.05, 0) is 72.0 Å². The van der Waals surface area contributed by atoms with E-state index in [-0.39, 0.29) is 47.5 Å². The smallest absolute Gasteiger partial charge is 0.410 e. The first-order valence-electron chi connectivity index (χ1n) is 19.5. The van der Waals surface area contributed by atoms with Gasteiger partial charge in [-0.25, -0.2) is 13.8 Å². The highest BCUT2D eigenvalue weighted by Crippen LogP contribution is 2.48. The number of hydrogen-bond donors (Lipinski definition) is 3. The number of likely N-dealkylation sites (tertiary alicyclic amines) is 1. The highest BCUT2D eigenvalue weighted by molar-refractivity contribution is 7.84. The number of nitrogens with one attached hydrogen (secondary N) is 2. The number of fused-ring (bicyclic) bond motifs is 1. The number of nitrogens with two attached hydrogens (primary N) is 1. The Balaban J connectivity index is 1.26. The molecule has 0 bridgehead atoms. The molecule has 5 amide bonds. The van der Waals surface area contributed by atoms with Crippen molar-refractivity contribution in [2.45, 2.75) is 149 Å². The number of unbranched alkanes of at least 4 members (excludes halogenated alkanes) is 1. The molecule has 4 aliphatic rings. The lowest BCUT2D eigenvalue weighted by molar-refractivity contribution is -0.143. The molecule has 0 radical (unpaired) electrons. The maximum Gasteiger partial charge on any atom is 0.410 e. The zero-order valence-corrected chi connectivity index (χ0v) is 34.2. The number of amides is 5. The molecule has 300 valence electrons. The van der Waals surface area contributed by atoms with Gasteiger partial charge in [-0.2, -0.15) is 0 Å². The van der Waals surface area contributed by atoms with Crippen molar-refractivity contribution in [2.75, 3.05) is 13.2 Å². The Labute approximate surface area is 322 Å². The van der Waals surface area contributed by atoms with Crippen LogP contribution < -0.4 is 15.8 Å². The van der Waals surface area contributed by atoms with Gasteiger partial charge in [-0.3, -0.25) is 24.0 Å². The van der Waals surface area contributed by atoms with Gasteiger partial charge in [0.1, 0.15) is 28.7 Å². The Morgan fingerprint density at radius 2 is 1.74 bits per heavy atom. The van der Waals surface area contributed by atoms with Crippen molar-refractivity contribution in [1.82, 2.24) is 19.8 Å². The highest BCUT2D eigenvalue weighted by atomic mass is 32.2. The molecule has 3 fully saturated rings. The molecule has 0 spiro atoms. The second-order valence-corrected chi connectivity index (χ2v) is 19.9. The molecule has 0 aromatic heterocycles. The fraction of sp³-hybridized carbons (Fsp3) is 0.725. The van der Waals surface area contributed by atoms with Gasteiger partial charge in [-0.1, -0.05) is 86.4 Å². The fourth-order valence-electron chi connectivity index (χ4n) is 8.02. The van der Waals surface area contributed by atoms with Crippen LogP contribution in [0.3, 0.4) is 0 Å². The SMILES string of the molecule is CCC1CC1(NC(=O)C1N(C(=O)CC(C)(C)C)CC(OC(=O)N2Cc3cccc(CCCCC(C)(C)COC(N)=O)c3C2)C1(C)C)C(=O)NS(=O)C1CC1. The minimum absolute atomic E-state index is 0.0424. The number of nitrogens with zero attached hydrogens (tertiary/aromatic N) is 2. The van der Waals surface area contributed by atoms with Crippen LogP contribution >= 0.6 is 0 Å². The molecule has 14 heteroatoms. The summed E-state index contributed by atoms with van der Waals surface area (Å²) in [6.07, 6.45) is 4.35. The molecule has 54 heavy (non-hydrogen) atoms. The largest absolute Gasteiger partial charge is 0.449 e. The van der Waals surface area contributed by atoms with Gasteiger partial charge < -0.3 is 25.4 Å². The average Bonchev–Trinajstić information content (AvgIpc) is 3.98. The van der Waals surface area contributed by atoms with E-state index in [4.69, 9.17) is 15.2 Å². The molecule has 13 nitrogen and oxygen atoms in total. The molecule has 5 atom stereocenters. The quantitative estimate of drug-likeness (QED) is 0.203. The zero-order valence-electron chi connectivity index (χ0n) is 33.4. The minimum Gasteiger partial charge on any atom is -0.449 e. The number of benzene rings is 1. The zero-order chi connectivity index (χ0) is 39.8. The van der Waals surface area contributed by atoms with Crippen LogP contribution in [0.2, 0.25) is 0 Å². The average molecular weight is 772 g/mol. The summed E-state index contributed by atoms with van der Waals surface area (Å²) in [6.45, 7) is 16.7. The minimum atomic E-state index is -1.50. The van der Waals surface area contributed by atoms with Crippen LogP contribution in [-0.4, -0.2) is 80.0 Å². The molecule has 4 N–H and O–H groups in total.